The molecule has 3 nitrogen and oxygen atoms in total. The maximum Gasteiger partial charge on any atom is 0.309 e. The summed E-state index contributed by atoms with van der Waals surface area (Å²) in [5.41, 5.74) is 0. The number of Topliss-reactive ketones (excluding diaryl/α,β-unsaturated/α-hetero) is 1. The van der Waals surface area contributed by atoms with E-state index in [1.54, 1.807) is 18.7 Å². The molecule has 2 saturated carbocycles. The first kappa shape index (κ1) is 12.7. The maximum absolute atomic E-state index is 12.2. The van der Waals surface area contributed by atoms with Crippen LogP contribution in [0.4, 0.5) is 0 Å². The Balaban J connectivity index is 1.60. The monoisotopic (exact) mass is 276 g/mol. The molecule has 1 aromatic rings. The normalized spacial score (nSPS) is 31.9. The van der Waals surface area contributed by atoms with E-state index in [9.17, 15) is 9.59 Å². The molecular formula is C15H16O3S. The van der Waals surface area contributed by atoms with Gasteiger partial charge in [-0.2, -0.15) is 0 Å². The van der Waals surface area contributed by atoms with Crippen molar-refractivity contribution in [1.82, 2.24) is 0 Å². The number of carbonyl (C=O) groups excluding carboxylic acids is 2. The second-order valence-electron chi connectivity index (χ2n) is 5.03. The van der Waals surface area contributed by atoms with Gasteiger partial charge < -0.3 is 4.74 Å². The van der Waals surface area contributed by atoms with Crippen LogP contribution in [0.2, 0.25) is 0 Å². The number of thioether (sulfide) groups is 1. The summed E-state index contributed by atoms with van der Waals surface area (Å²) in [6.45, 7) is 2.19. The third-order valence-electron chi connectivity index (χ3n) is 3.88. The maximum atomic E-state index is 12.2. The summed E-state index contributed by atoms with van der Waals surface area (Å²) in [6, 6.07) is 9.96. The Morgan fingerprint density at radius 2 is 2.11 bits per heavy atom. The first-order chi connectivity index (χ1) is 9.22. The second-order valence-corrected chi connectivity index (χ2v) is 6.30. The van der Waals surface area contributed by atoms with E-state index in [2.05, 4.69) is 0 Å². The number of esters is 1. The van der Waals surface area contributed by atoms with E-state index in [1.165, 1.54) is 0 Å². The third kappa shape index (κ3) is 2.29. The summed E-state index contributed by atoms with van der Waals surface area (Å²) in [7, 11) is 0. The number of fused-ring (bicyclic) bond motifs is 1. The van der Waals surface area contributed by atoms with Crippen LogP contribution in [0.3, 0.4) is 0 Å². The lowest BCUT2D eigenvalue weighted by Gasteiger charge is -2.12. The number of ketones is 1. The molecular weight excluding hydrogens is 260 g/mol. The van der Waals surface area contributed by atoms with E-state index < -0.39 is 0 Å². The first-order valence-corrected chi connectivity index (χ1v) is 7.52. The lowest BCUT2D eigenvalue weighted by Crippen LogP contribution is -2.20. The smallest absolute Gasteiger partial charge is 0.309 e. The van der Waals surface area contributed by atoms with Gasteiger partial charge >= 0.3 is 5.97 Å². The molecule has 2 fully saturated rings. The van der Waals surface area contributed by atoms with E-state index in [0.29, 0.717) is 6.61 Å². The number of rotatable bonds is 4. The molecule has 0 bridgehead atoms. The number of carbonyl (C=O) groups is 2. The molecule has 4 heteroatoms. The summed E-state index contributed by atoms with van der Waals surface area (Å²) < 4.78 is 5.01. The van der Waals surface area contributed by atoms with E-state index in [1.807, 2.05) is 30.3 Å². The Bertz CT molecular complexity index is 499. The van der Waals surface area contributed by atoms with Crippen molar-refractivity contribution in [2.75, 3.05) is 6.61 Å². The van der Waals surface area contributed by atoms with Crippen molar-refractivity contribution in [3.05, 3.63) is 30.3 Å². The Morgan fingerprint density at radius 3 is 2.68 bits per heavy atom. The van der Waals surface area contributed by atoms with Crippen LogP contribution in [0.1, 0.15) is 13.3 Å². The SMILES string of the molecule is CCOC(=O)[C@H]1[C@@H]2CC(Sc3ccccc3)C(=O)[C@@H]21. The van der Waals surface area contributed by atoms with Crippen molar-refractivity contribution >= 4 is 23.5 Å². The minimum absolute atomic E-state index is 0.0167. The topological polar surface area (TPSA) is 43.4 Å². The Hall–Kier alpha value is -1.29. The fraction of sp³-hybridized carbons (Fsp3) is 0.467. The summed E-state index contributed by atoms with van der Waals surface area (Å²) in [6.07, 6.45) is 0.812. The quantitative estimate of drug-likeness (QED) is 0.793. The van der Waals surface area contributed by atoms with Gasteiger partial charge in [-0.05, 0) is 31.4 Å². The van der Waals surface area contributed by atoms with E-state index in [-0.39, 0.29) is 34.8 Å². The third-order valence-corrected chi connectivity index (χ3v) is 5.13. The van der Waals surface area contributed by atoms with Gasteiger partial charge in [0, 0.05) is 10.8 Å². The minimum atomic E-state index is -0.186. The molecule has 2 aliphatic carbocycles. The van der Waals surface area contributed by atoms with Crippen molar-refractivity contribution in [1.29, 1.82) is 0 Å². The number of ether oxygens (including phenoxy) is 1. The van der Waals surface area contributed by atoms with Crippen molar-refractivity contribution in [2.45, 2.75) is 23.5 Å². The van der Waals surface area contributed by atoms with Crippen LogP contribution >= 0.6 is 11.8 Å². The van der Waals surface area contributed by atoms with Gasteiger partial charge in [-0.15, -0.1) is 11.8 Å². The molecule has 0 amide bonds. The van der Waals surface area contributed by atoms with Crippen LogP contribution in [0.25, 0.3) is 0 Å². The molecule has 0 heterocycles. The molecule has 4 atom stereocenters. The van der Waals surface area contributed by atoms with Gasteiger partial charge in [-0.3, -0.25) is 9.59 Å². The zero-order valence-electron chi connectivity index (χ0n) is 10.7. The van der Waals surface area contributed by atoms with Gasteiger partial charge in [0.1, 0.15) is 5.78 Å². The summed E-state index contributed by atoms with van der Waals surface area (Å²) >= 11 is 1.62. The average molecular weight is 276 g/mol. The molecule has 1 unspecified atom stereocenters. The summed E-state index contributed by atoms with van der Waals surface area (Å²) in [5, 5.41) is 0.0167. The van der Waals surface area contributed by atoms with Crippen LogP contribution in [-0.2, 0) is 14.3 Å². The fourth-order valence-corrected chi connectivity index (χ4v) is 4.20. The first-order valence-electron chi connectivity index (χ1n) is 6.64. The molecule has 1 aromatic carbocycles. The van der Waals surface area contributed by atoms with E-state index >= 15 is 0 Å². The zero-order chi connectivity index (χ0) is 13.4. The fourth-order valence-electron chi connectivity index (χ4n) is 2.96. The van der Waals surface area contributed by atoms with E-state index in [4.69, 9.17) is 4.74 Å². The van der Waals surface area contributed by atoms with Gasteiger partial charge in [0.05, 0.1) is 17.8 Å². The summed E-state index contributed by atoms with van der Waals surface area (Å²) in [5.74, 6) is 0.0546. The van der Waals surface area contributed by atoms with Gasteiger partial charge in [0.15, 0.2) is 0 Å². The Kier molecular flexibility index (Phi) is 3.35. The van der Waals surface area contributed by atoms with Crippen molar-refractivity contribution in [2.24, 2.45) is 17.8 Å². The van der Waals surface area contributed by atoms with Gasteiger partial charge in [0.25, 0.3) is 0 Å². The van der Waals surface area contributed by atoms with Crippen LogP contribution < -0.4 is 0 Å². The average Bonchev–Trinajstić information content (AvgIpc) is 3.04. The second kappa shape index (κ2) is 5.00. The zero-order valence-corrected chi connectivity index (χ0v) is 11.6. The van der Waals surface area contributed by atoms with Crippen molar-refractivity contribution in [3.8, 4) is 0 Å². The highest BCUT2D eigenvalue weighted by atomic mass is 32.2. The number of hydrogen-bond acceptors (Lipinski definition) is 4. The lowest BCUT2D eigenvalue weighted by molar-refractivity contribution is -0.146. The molecule has 3 rings (SSSR count). The Labute approximate surface area is 116 Å². The van der Waals surface area contributed by atoms with Gasteiger partial charge in [-0.1, -0.05) is 18.2 Å². The van der Waals surface area contributed by atoms with E-state index in [0.717, 1.165) is 11.3 Å². The minimum Gasteiger partial charge on any atom is -0.466 e. The highest BCUT2D eigenvalue weighted by Gasteiger charge is 2.65. The molecule has 0 radical (unpaired) electrons. The molecule has 0 aliphatic heterocycles. The number of hydrogen-bond donors (Lipinski definition) is 0. The van der Waals surface area contributed by atoms with Crippen LogP contribution in [0, 0.1) is 17.8 Å². The van der Waals surface area contributed by atoms with Crippen LogP contribution in [0.15, 0.2) is 35.2 Å². The predicted octanol–water partition coefficient (Wildman–Crippen LogP) is 2.55. The predicted molar refractivity (Wildman–Crippen MR) is 72.8 cm³/mol. The van der Waals surface area contributed by atoms with Crippen molar-refractivity contribution < 1.29 is 14.3 Å². The highest BCUT2D eigenvalue weighted by Crippen LogP contribution is 2.58. The molecule has 0 N–H and O–H groups in total. The van der Waals surface area contributed by atoms with Gasteiger partial charge in [0.2, 0.25) is 0 Å². The van der Waals surface area contributed by atoms with Crippen molar-refractivity contribution in [3.63, 3.8) is 0 Å². The van der Waals surface area contributed by atoms with Gasteiger partial charge in [-0.25, -0.2) is 0 Å². The number of benzene rings is 1. The van der Waals surface area contributed by atoms with Crippen LogP contribution in [-0.4, -0.2) is 23.6 Å². The largest absolute Gasteiger partial charge is 0.466 e. The van der Waals surface area contributed by atoms with Crippen LogP contribution in [0.5, 0.6) is 0 Å². The highest BCUT2D eigenvalue weighted by molar-refractivity contribution is 8.00. The molecule has 0 aromatic heterocycles. The Morgan fingerprint density at radius 1 is 1.37 bits per heavy atom. The summed E-state index contributed by atoms with van der Waals surface area (Å²) in [4.78, 5) is 25.0. The standard InChI is InChI=1S/C15H16O3S/c1-2-18-15(17)13-10-8-11(14(16)12(10)13)19-9-6-4-3-5-7-9/h3-7,10-13H,2,8H2,1H3/t10-,11?,12+,13+/m1/s1. The molecule has 100 valence electrons. The molecule has 0 saturated heterocycles. The molecule has 0 spiro atoms. The lowest BCUT2D eigenvalue weighted by atomic mass is 10.1. The molecule has 2 aliphatic rings. The molecule has 19 heavy (non-hydrogen) atoms.